The van der Waals surface area contributed by atoms with Crippen LogP contribution in [0, 0.1) is 0 Å². The summed E-state index contributed by atoms with van der Waals surface area (Å²) < 4.78 is 4.78. The summed E-state index contributed by atoms with van der Waals surface area (Å²) in [6, 6.07) is 10.4. The number of methoxy groups -OCH3 is 1. The highest BCUT2D eigenvalue weighted by Crippen LogP contribution is 2.12. The quantitative estimate of drug-likeness (QED) is 0.659. The van der Waals surface area contributed by atoms with Crippen molar-refractivity contribution in [3.63, 3.8) is 0 Å². The van der Waals surface area contributed by atoms with Crippen molar-refractivity contribution in [2.75, 3.05) is 7.11 Å². The Balaban J connectivity index is 2.29. The van der Waals surface area contributed by atoms with Gasteiger partial charge in [-0.05, 0) is 5.56 Å². The van der Waals surface area contributed by atoms with Crippen molar-refractivity contribution >= 4 is 11.8 Å². The Morgan fingerprint density at radius 1 is 1.33 bits per heavy atom. The summed E-state index contributed by atoms with van der Waals surface area (Å²) in [5.41, 5.74) is 1.34. The van der Waals surface area contributed by atoms with Crippen molar-refractivity contribution in [1.82, 2.24) is 0 Å². The van der Waals surface area contributed by atoms with Crippen molar-refractivity contribution < 1.29 is 4.74 Å². The summed E-state index contributed by atoms with van der Waals surface area (Å²) in [5.74, 6) is 1.00. The SMILES string of the molecule is CO/C=C/SCc1ccccc1. The van der Waals surface area contributed by atoms with Gasteiger partial charge in [0.15, 0.2) is 0 Å². The van der Waals surface area contributed by atoms with E-state index in [0.717, 1.165) is 5.75 Å². The van der Waals surface area contributed by atoms with Gasteiger partial charge >= 0.3 is 0 Å². The summed E-state index contributed by atoms with van der Waals surface area (Å²) >= 11 is 1.73. The topological polar surface area (TPSA) is 9.23 Å². The van der Waals surface area contributed by atoms with Crippen LogP contribution < -0.4 is 0 Å². The summed E-state index contributed by atoms with van der Waals surface area (Å²) in [5, 5.41) is 1.95. The molecule has 0 N–H and O–H groups in total. The molecule has 2 heteroatoms. The van der Waals surface area contributed by atoms with Crippen LogP contribution in [0.5, 0.6) is 0 Å². The molecule has 0 saturated carbocycles. The molecule has 12 heavy (non-hydrogen) atoms. The number of hydrogen-bond acceptors (Lipinski definition) is 2. The normalized spacial score (nSPS) is 10.4. The average molecular weight is 180 g/mol. The smallest absolute Gasteiger partial charge is 0.0887 e. The molecule has 0 fully saturated rings. The van der Waals surface area contributed by atoms with E-state index in [2.05, 4.69) is 24.3 Å². The zero-order valence-electron chi connectivity index (χ0n) is 7.07. The van der Waals surface area contributed by atoms with E-state index in [4.69, 9.17) is 4.74 Å². The van der Waals surface area contributed by atoms with E-state index in [1.54, 1.807) is 25.1 Å². The number of benzene rings is 1. The Morgan fingerprint density at radius 3 is 2.75 bits per heavy atom. The molecule has 0 saturated heterocycles. The Bertz CT molecular complexity index is 231. The van der Waals surface area contributed by atoms with Crippen LogP contribution in [0.15, 0.2) is 42.0 Å². The third-order valence-corrected chi connectivity index (χ3v) is 2.18. The number of rotatable bonds is 4. The van der Waals surface area contributed by atoms with E-state index in [-0.39, 0.29) is 0 Å². The summed E-state index contributed by atoms with van der Waals surface area (Å²) in [6.07, 6.45) is 1.69. The zero-order valence-corrected chi connectivity index (χ0v) is 7.88. The first-order valence-corrected chi connectivity index (χ1v) is 4.81. The van der Waals surface area contributed by atoms with Gasteiger partial charge in [0.2, 0.25) is 0 Å². The summed E-state index contributed by atoms with van der Waals surface area (Å²) in [7, 11) is 1.65. The molecule has 1 aromatic carbocycles. The lowest BCUT2D eigenvalue weighted by atomic mass is 10.2. The molecule has 0 aromatic heterocycles. The summed E-state index contributed by atoms with van der Waals surface area (Å²) in [6.45, 7) is 0. The highest BCUT2D eigenvalue weighted by molar-refractivity contribution is 8.01. The first-order chi connectivity index (χ1) is 5.93. The minimum atomic E-state index is 1.00. The molecule has 64 valence electrons. The molecule has 1 aromatic rings. The van der Waals surface area contributed by atoms with Crippen LogP contribution in [0.1, 0.15) is 5.56 Å². The van der Waals surface area contributed by atoms with Gasteiger partial charge in [-0.1, -0.05) is 30.3 Å². The third-order valence-electron chi connectivity index (χ3n) is 1.38. The number of ether oxygens (including phenoxy) is 1. The molecular weight excluding hydrogens is 168 g/mol. The van der Waals surface area contributed by atoms with Gasteiger partial charge in [0.1, 0.15) is 0 Å². The van der Waals surface area contributed by atoms with E-state index in [9.17, 15) is 0 Å². The Labute approximate surface area is 77.4 Å². The standard InChI is InChI=1S/C10H12OS/c1-11-7-8-12-9-10-5-3-2-4-6-10/h2-8H,9H2,1H3/b8-7+. The molecular formula is C10H12OS. The minimum Gasteiger partial charge on any atom is -0.504 e. The van der Waals surface area contributed by atoms with E-state index < -0.39 is 0 Å². The molecule has 0 heterocycles. The Hall–Kier alpha value is -0.890. The van der Waals surface area contributed by atoms with Crippen molar-refractivity contribution in [3.8, 4) is 0 Å². The summed E-state index contributed by atoms with van der Waals surface area (Å²) in [4.78, 5) is 0. The van der Waals surface area contributed by atoms with Gasteiger partial charge in [-0.3, -0.25) is 0 Å². The van der Waals surface area contributed by atoms with Crippen LogP contribution in [-0.4, -0.2) is 7.11 Å². The van der Waals surface area contributed by atoms with Crippen LogP contribution in [0.2, 0.25) is 0 Å². The van der Waals surface area contributed by atoms with Crippen molar-refractivity contribution in [2.45, 2.75) is 5.75 Å². The molecule has 1 rings (SSSR count). The maximum Gasteiger partial charge on any atom is 0.0887 e. The largest absolute Gasteiger partial charge is 0.504 e. The van der Waals surface area contributed by atoms with E-state index in [0.29, 0.717) is 0 Å². The van der Waals surface area contributed by atoms with Gasteiger partial charge in [0, 0.05) is 11.2 Å². The number of thioether (sulfide) groups is 1. The maximum atomic E-state index is 4.78. The highest BCUT2D eigenvalue weighted by atomic mass is 32.2. The fourth-order valence-corrected chi connectivity index (χ4v) is 1.48. The fraction of sp³-hybridized carbons (Fsp3) is 0.200. The van der Waals surface area contributed by atoms with Gasteiger partial charge in [-0.2, -0.15) is 0 Å². The fourth-order valence-electron chi connectivity index (χ4n) is 0.813. The van der Waals surface area contributed by atoms with E-state index in [1.165, 1.54) is 5.56 Å². The lowest BCUT2D eigenvalue weighted by Gasteiger charge is -1.95. The first-order valence-electron chi connectivity index (χ1n) is 3.77. The van der Waals surface area contributed by atoms with Crippen molar-refractivity contribution in [1.29, 1.82) is 0 Å². The third kappa shape index (κ3) is 3.49. The number of hydrogen-bond donors (Lipinski definition) is 0. The lowest BCUT2D eigenvalue weighted by Crippen LogP contribution is -1.75. The molecule has 0 radical (unpaired) electrons. The molecule has 0 unspecified atom stereocenters. The second-order valence-corrected chi connectivity index (χ2v) is 3.20. The average Bonchev–Trinajstić information content (AvgIpc) is 2.14. The zero-order chi connectivity index (χ0) is 8.65. The predicted molar refractivity (Wildman–Crippen MR) is 53.9 cm³/mol. The van der Waals surface area contributed by atoms with Gasteiger partial charge in [-0.25, -0.2) is 0 Å². The molecule has 0 atom stereocenters. The lowest BCUT2D eigenvalue weighted by molar-refractivity contribution is 0.339. The molecule has 0 bridgehead atoms. The highest BCUT2D eigenvalue weighted by Gasteiger charge is 1.87. The molecule has 0 aliphatic carbocycles. The van der Waals surface area contributed by atoms with Crippen molar-refractivity contribution in [2.24, 2.45) is 0 Å². The van der Waals surface area contributed by atoms with Crippen LogP contribution in [0.3, 0.4) is 0 Å². The second-order valence-electron chi connectivity index (χ2n) is 2.30. The van der Waals surface area contributed by atoms with Gasteiger partial charge < -0.3 is 4.74 Å². The van der Waals surface area contributed by atoms with Gasteiger partial charge in [0.05, 0.1) is 13.4 Å². The Morgan fingerprint density at radius 2 is 2.08 bits per heavy atom. The first kappa shape index (κ1) is 9.20. The van der Waals surface area contributed by atoms with Crippen molar-refractivity contribution in [3.05, 3.63) is 47.6 Å². The van der Waals surface area contributed by atoms with E-state index in [1.807, 2.05) is 11.5 Å². The Kier molecular flexibility index (Phi) is 4.39. The molecule has 0 aliphatic heterocycles. The molecule has 0 amide bonds. The monoisotopic (exact) mass is 180 g/mol. The van der Waals surface area contributed by atoms with Gasteiger partial charge in [-0.15, -0.1) is 11.8 Å². The van der Waals surface area contributed by atoms with Crippen LogP contribution >= 0.6 is 11.8 Å². The van der Waals surface area contributed by atoms with Crippen LogP contribution in [0.4, 0.5) is 0 Å². The van der Waals surface area contributed by atoms with E-state index >= 15 is 0 Å². The molecule has 0 spiro atoms. The molecule has 0 aliphatic rings. The van der Waals surface area contributed by atoms with Gasteiger partial charge in [0.25, 0.3) is 0 Å². The maximum absolute atomic E-state index is 4.78. The minimum absolute atomic E-state index is 1.00. The molecule has 1 nitrogen and oxygen atoms in total. The predicted octanol–water partition coefficient (Wildman–Crippen LogP) is 3.04. The van der Waals surface area contributed by atoms with Crippen LogP contribution in [0.25, 0.3) is 0 Å². The second kappa shape index (κ2) is 5.72. The van der Waals surface area contributed by atoms with Crippen LogP contribution in [-0.2, 0) is 10.5 Å².